The zero-order valence-corrected chi connectivity index (χ0v) is 11.8. The van der Waals surface area contributed by atoms with Crippen LogP contribution in [-0.4, -0.2) is 14.4 Å². The van der Waals surface area contributed by atoms with Crippen LogP contribution < -0.4 is 0 Å². The van der Waals surface area contributed by atoms with Crippen molar-refractivity contribution in [3.63, 3.8) is 0 Å². The summed E-state index contributed by atoms with van der Waals surface area (Å²) in [5.41, 5.74) is 4.91. The van der Waals surface area contributed by atoms with Crippen LogP contribution in [0.25, 0.3) is 17.0 Å². The van der Waals surface area contributed by atoms with Crippen molar-refractivity contribution in [1.29, 1.82) is 0 Å². The van der Waals surface area contributed by atoms with Gasteiger partial charge in [-0.1, -0.05) is 6.07 Å². The van der Waals surface area contributed by atoms with E-state index in [1.807, 2.05) is 35.7 Å². The summed E-state index contributed by atoms with van der Waals surface area (Å²) < 4.78 is 3.03. The summed E-state index contributed by atoms with van der Waals surface area (Å²) in [5, 5.41) is 0. The average molecular weight is 302 g/mol. The minimum atomic E-state index is 0.894. The summed E-state index contributed by atoms with van der Waals surface area (Å²) in [6, 6.07) is 8.03. The highest BCUT2D eigenvalue weighted by atomic mass is 79.9. The molecule has 3 heterocycles. The van der Waals surface area contributed by atoms with Gasteiger partial charge in [-0.3, -0.25) is 4.98 Å². The molecular formula is C14H12BrN3. The lowest BCUT2D eigenvalue weighted by Gasteiger charge is -1.97. The first-order chi connectivity index (χ1) is 8.63. The molecule has 0 amide bonds. The second-order valence-electron chi connectivity index (χ2n) is 4.39. The Morgan fingerprint density at radius 2 is 1.89 bits per heavy atom. The molecule has 0 spiro atoms. The summed E-state index contributed by atoms with van der Waals surface area (Å²) in [4.78, 5) is 9.12. The first-order valence-electron chi connectivity index (χ1n) is 5.72. The minimum Gasteiger partial charge on any atom is -0.305 e. The normalized spacial score (nSPS) is 11.1. The van der Waals surface area contributed by atoms with Gasteiger partial charge in [0.2, 0.25) is 0 Å². The van der Waals surface area contributed by atoms with Gasteiger partial charge in [0.05, 0.1) is 10.2 Å². The van der Waals surface area contributed by atoms with E-state index in [0.29, 0.717) is 0 Å². The number of rotatable bonds is 1. The molecule has 18 heavy (non-hydrogen) atoms. The Bertz CT molecular complexity index is 731. The van der Waals surface area contributed by atoms with Crippen LogP contribution in [0, 0.1) is 13.8 Å². The molecule has 3 rings (SSSR count). The number of nitrogens with zero attached hydrogens (tertiary/aromatic N) is 3. The molecule has 0 aliphatic heterocycles. The predicted octanol–water partition coefficient (Wildman–Crippen LogP) is 3.78. The summed E-state index contributed by atoms with van der Waals surface area (Å²) in [7, 11) is 0. The third-order valence-electron chi connectivity index (χ3n) is 2.79. The lowest BCUT2D eigenvalue weighted by molar-refractivity contribution is 1.15. The highest BCUT2D eigenvalue weighted by molar-refractivity contribution is 9.10. The molecule has 0 unspecified atom stereocenters. The van der Waals surface area contributed by atoms with Crippen LogP contribution in [0.15, 0.2) is 41.1 Å². The molecule has 0 atom stereocenters. The van der Waals surface area contributed by atoms with Gasteiger partial charge in [0, 0.05) is 18.1 Å². The van der Waals surface area contributed by atoms with Gasteiger partial charge in [-0.2, -0.15) is 0 Å². The fraction of sp³-hybridized carbons (Fsp3) is 0.143. The quantitative estimate of drug-likeness (QED) is 0.685. The lowest BCUT2D eigenvalue weighted by atomic mass is 10.2. The highest BCUT2D eigenvalue weighted by Crippen LogP contribution is 2.23. The number of halogens is 1. The molecule has 0 radical (unpaired) electrons. The maximum absolute atomic E-state index is 4.62. The van der Waals surface area contributed by atoms with Crippen LogP contribution in [0.1, 0.15) is 11.3 Å². The Morgan fingerprint density at radius 3 is 2.67 bits per heavy atom. The highest BCUT2D eigenvalue weighted by Gasteiger charge is 2.08. The first kappa shape index (κ1) is 11.4. The van der Waals surface area contributed by atoms with E-state index in [1.165, 1.54) is 5.56 Å². The molecule has 4 heteroatoms. The molecule has 0 saturated carbocycles. The maximum atomic E-state index is 4.62. The average Bonchev–Trinajstić information content (AvgIpc) is 2.73. The van der Waals surface area contributed by atoms with E-state index in [9.17, 15) is 0 Å². The number of imidazole rings is 1. The number of pyridine rings is 2. The van der Waals surface area contributed by atoms with Crippen LogP contribution in [0.5, 0.6) is 0 Å². The summed E-state index contributed by atoms with van der Waals surface area (Å²) in [6.07, 6.45) is 4.07. The minimum absolute atomic E-state index is 0.894. The van der Waals surface area contributed by atoms with E-state index >= 15 is 0 Å². The Morgan fingerprint density at radius 1 is 1.06 bits per heavy atom. The monoisotopic (exact) mass is 301 g/mol. The van der Waals surface area contributed by atoms with E-state index in [1.54, 1.807) is 0 Å². The van der Waals surface area contributed by atoms with Crippen molar-refractivity contribution >= 4 is 21.6 Å². The van der Waals surface area contributed by atoms with E-state index in [2.05, 4.69) is 45.1 Å². The fourth-order valence-electron chi connectivity index (χ4n) is 2.00. The molecule has 0 aliphatic rings. The SMILES string of the molecule is Cc1cc(Br)c2nc(-c3cccc(C)n3)cn2c1. The summed E-state index contributed by atoms with van der Waals surface area (Å²) >= 11 is 3.54. The molecule has 0 N–H and O–H groups in total. The third-order valence-corrected chi connectivity index (χ3v) is 3.38. The second-order valence-corrected chi connectivity index (χ2v) is 5.24. The van der Waals surface area contributed by atoms with Crippen molar-refractivity contribution in [1.82, 2.24) is 14.4 Å². The molecule has 0 aliphatic carbocycles. The molecule has 0 saturated heterocycles. The van der Waals surface area contributed by atoms with Gasteiger partial charge >= 0.3 is 0 Å². The van der Waals surface area contributed by atoms with Gasteiger partial charge in [0.25, 0.3) is 0 Å². The molecule has 90 valence electrons. The molecule has 0 fully saturated rings. The Balaban J connectivity index is 2.22. The van der Waals surface area contributed by atoms with Gasteiger partial charge in [-0.25, -0.2) is 4.98 Å². The van der Waals surface area contributed by atoms with Crippen LogP contribution in [-0.2, 0) is 0 Å². The van der Waals surface area contributed by atoms with Gasteiger partial charge < -0.3 is 4.40 Å². The Labute approximate surface area is 114 Å². The Hall–Kier alpha value is -1.68. The zero-order chi connectivity index (χ0) is 12.7. The number of aryl methyl sites for hydroxylation is 2. The van der Waals surface area contributed by atoms with Crippen molar-refractivity contribution in [2.45, 2.75) is 13.8 Å². The van der Waals surface area contributed by atoms with E-state index < -0.39 is 0 Å². The molecule has 3 nitrogen and oxygen atoms in total. The summed E-state index contributed by atoms with van der Waals surface area (Å²) in [6.45, 7) is 4.05. The van der Waals surface area contributed by atoms with Crippen LogP contribution in [0.4, 0.5) is 0 Å². The van der Waals surface area contributed by atoms with Gasteiger partial charge in [0.15, 0.2) is 5.65 Å². The number of aromatic nitrogens is 3. The molecule has 0 bridgehead atoms. The van der Waals surface area contributed by atoms with Crippen LogP contribution in [0.3, 0.4) is 0 Å². The number of hydrogen-bond acceptors (Lipinski definition) is 2. The molecule has 3 aromatic rings. The standard InChI is InChI=1S/C14H12BrN3/c1-9-6-11(15)14-17-13(8-18(14)7-9)12-5-3-4-10(2)16-12/h3-8H,1-2H3. The zero-order valence-electron chi connectivity index (χ0n) is 10.2. The largest absolute Gasteiger partial charge is 0.305 e. The van der Waals surface area contributed by atoms with Crippen LogP contribution >= 0.6 is 15.9 Å². The van der Waals surface area contributed by atoms with Crippen molar-refractivity contribution in [3.8, 4) is 11.4 Å². The number of hydrogen-bond donors (Lipinski definition) is 0. The topological polar surface area (TPSA) is 30.2 Å². The second kappa shape index (κ2) is 4.21. The van der Waals surface area contributed by atoms with E-state index in [0.717, 1.165) is 27.2 Å². The third kappa shape index (κ3) is 1.93. The van der Waals surface area contributed by atoms with E-state index in [4.69, 9.17) is 0 Å². The van der Waals surface area contributed by atoms with Crippen molar-refractivity contribution < 1.29 is 0 Å². The summed E-state index contributed by atoms with van der Waals surface area (Å²) in [5.74, 6) is 0. The van der Waals surface area contributed by atoms with Crippen molar-refractivity contribution in [3.05, 3.63) is 52.4 Å². The maximum Gasteiger partial charge on any atom is 0.151 e. The Kier molecular flexibility index (Phi) is 2.67. The van der Waals surface area contributed by atoms with Gasteiger partial charge in [-0.15, -0.1) is 0 Å². The first-order valence-corrected chi connectivity index (χ1v) is 6.52. The van der Waals surface area contributed by atoms with Gasteiger partial charge in [0.1, 0.15) is 5.69 Å². The smallest absolute Gasteiger partial charge is 0.151 e. The molecule has 3 aromatic heterocycles. The molecule has 0 aromatic carbocycles. The number of fused-ring (bicyclic) bond motifs is 1. The van der Waals surface area contributed by atoms with Crippen LogP contribution in [0.2, 0.25) is 0 Å². The van der Waals surface area contributed by atoms with E-state index in [-0.39, 0.29) is 0 Å². The van der Waals surface area contributed by atoms with Gasteiger partial charge in [-0.05, 0) is 53.5 Å². The van der Waals surface area contributed by atoms with Crippen molar-refractivity contribution in [2.24, 2.45) is 0 Å². The molecular weight excluding hydrogens is 290 g/mol. The lowest BCUT2D eigenvalue weighted by Crippen LogP contribution is -1.85. The fourth-order valence-corrected chi connectivity index (χ4v) is 2.65. The van der Waals surface area contributed by atoms with Crippen molar-refractivity contribution in [2.75, 3.05) is 0 Å². The predicted molar refractivity (Wildman–Crippen MR) is 75.6 cm³/mol.